The average Bonchev–Trinajstić information content (AvgIpc) is 3.23. The van der Waals surface area contributed by atoms with Crippen molar-refractivity contribution >= 4 is 17.3 Å². The highest BCUT2D eigenvalue weighted by Gasteiger charge is 2.39. The molecule has 0 saturated heterocycles. The zero-order valence-electron chi connectivity index (χ0n) is 17.0. The van der Waals surface area contributed by atoms with E-state index in [9.17, 15) is 20.0 Å². The van der Waals surface area contributed by atoms with Crippen LogP contribution in [0.5, 0.6) is 5.75 Å². The second-order valence-corrected chi connectivity index (χ2v) is 8.06. The number of anilines is 1. The van der Waals surface area contributed by atoms with Crippen LogP contribution < -0.4 is 10.6 Å². The third-order valence-electron chi connectivity index (χ3n) is 6.17. The molecule has 1 aliphatic heterocycles. The summed E-state index contributed by atoms with van der Waals surface area (Å²) in [5, 5.41) is 28.1. The Bertz CT molecular complexity index is 1030. The maximum atomic E-state index is 12.6. The van der Waals surface area contributed by atoms with Crippen molar-refractivity contribution in [3.05, 3.63) is 75.4 Å². The van der Waals surface area contributed by atoms with Crippen molar-refractivity contribution in [2.24, 2.45) is 5.92 Å². The standard InChI is InChI=1S/C23H25N3O4/c1-3-13(2)24-23(28)14-7-9-20-18(11-14)16-5-4-6-17(16)22(25-20)19-12-15(26(29)30)8-10-21(19)27/h4-5,7-13,16-17,22,25,27H,3,6H2,1-2H3,(H,24,28). The first-order chi connectivity index (χ1) is 14.4. The third kappa shape index (κ3) is 3.51. The quantitative estimate of drug-likeness (QED) is 0.380. The van der Waals surface area contributed by atoms with E-state index in [1.54, 1.807) is 6.07 Å². The number of nitrogens with one attached hydrogen (secondary N) is 2. The van der Waals surface area contributed by atoms with Crippen LogP contribution in [0.3, 0.4) is 0 Å². The Morgan fingerprint density at radius 3 is 2.83 bits per heavy atom. The number of carbonyl (C=O) groups is 1. The average molecular weight is 407 g/mol. The number of fused-ring (bicyclic) bond motifs is 3. The Morgan fingerprint density at radius 2 is 2.10 bits per heavy atom. The largest absolute Gasteiger partial charge is 0.508 e. The number of allylic oxidation sites excluding steroid dienone is 2. The minimum atomic E-state index is -0.452. The van der Waals surface area contributed by atoms with Gasteiger partial charge in [-0.25, -0.2) is 0 Å². The fraction of sp³-hybridized carbons (Fsp3) is 0.348. The van der Waals surface area contributed by atoms with Gasteiger partial charge in [0.25, 0.3) is 11.6 Å². The topological polar surface area (TPSA) is 104 Å². The van der Waals surface area contributed by atoms with Crippen LogP contribution in [-0.2, 0) is 0 Å². The molecule has 1 amide bonds. The molecule has 0 fully saturated rings. The summed E-state index contributed by atoms with van der Waals surface area (Å²) >= 11 is 0. The van der Waals surface area contributed by atoms with E-state index in [-0.39, 0.29) is 41.3 Å². The first-order valence-electron chi connectivity index (χ1n) is 10.2. The second kappa shape index (κ2) is 7.82. The lowest BCUT2D eigenvalue weighted by molar-refractivity contribution is -0.385. The number of amides is 1. The highest BCUT2D eigenvalue weighted by atomic mass is 16.6. The summed E-state index contributed by atoms with van der Waals surface area (Å²) in [5.74, 6) is 0.112. The number of aromatic hydroxyl groups is 1. The Hall–Kier alpha value is -3.35. The van der Waals surface area contributed by atoms with Crippen molar-refractivity contribution in [3.63, 3.8) is 0 Å². The summed E-state index contributed by atoms with van der Waals surface area (Å²) in [6, 6.07) is 9.56. The van der Waals surface area contributed by atoms with Gasteiger partial charge in [0, 0.05) is 40.9 Å². The highest BCUT2D eigenvalue weighted by molar-refractivity contribution is 5.95. The summed E-state index contributed by atoms with van der Waals surface area (Å²) in [4.78, 5) is 23.4. The maximum absolute atomic E-state index is 12.6. The second-order valence-electron chi connectivity index (χ2n) is 8.06. The van der Waals surface area contributed by atoms with Gasteiger partial charge in [0.15, 0.2) is 0 Å². The van der Waals surface area contributed by atoms with Gasteiger partial charge in [-0.05, 0) is 55.5 Å². The summed E-state index contributed by atoms with van der Waals surface area (Å²) in [6.45, 7) is 4.00. The van der Waals surface area contributed by atoms with E-state index < -0.39 is 4.92 Å². The van der Waals surface area contributed by atoms with Crippen LogP contribution in [0.25, 0.3) is 0 Å². The Labute approximate surface area is 175 Å². The molecule has 0 aromatic heterocycles. The zero-order valence-corrected chi connectivity index (χ0v) is 17.0. The van der Waals surface area contributed by atoms with Crippen LogP contribution in [0.4, 0.5) is 11.4 Å². The van der Waals surface area contributed by atoms with Gasteiger partial charge < -0.3 is 15.7 Å². The molecule has 4 atom stereocenters. The number of phenols is 1. The molecule has 1 aliphatic carbocycles. The van der Waals surface area contributed by atoms with Gasteiger partial charge in [0.2, 0.25) is 0 Å². The van der Waals surface area contributed by atoms with Gasteiger partial charge in [-0.3, -0.25) is 14.9 Å². The monoisotopic (exact) mass is 407 g/mol. The molecule has 1 heterocycles. The van der Waals surface area contributed by atoms with Gasteiger partial charge >= 0.3 is 0 Å². The molecule has 4 unspecified atom stereocenters. The fourth-order valence-electron chi connectivity index (χ4n) is 4.36. The van der Waals surface area contributed by atoms with E-state index in [0.29, 0.717) is 11.1 Å². The Balaban J connectivity index is 1.70. The van der Waals surface area contributed by atoms with E-state index in [1.807, 2.05) is 26.0 Å². The molecule has 2 aromatic carbocycles. The number of phenolic OH excluding ortho intramolecular Hbond substituents is 1. The van der Waals surface area contributed by atoms with Crippen molar-refractivity contribution in [1.29, 1.82) is 0 Å². The molecule has 7 heteroatoms. The van der Waals surface area contributed by atoms with Crippen molar-refractivity contribution in [1.82, 2.24) is 5.32 Å². The molecule has 0 radical (unpaired) electrons. The van der Waals surface area contributed by atoms with Gasteiger partial charge in [-0.2, -0.15) is 0 Å². The number of nitro groups is 1. The van der Waals surface area contributed by atoms with Gasteiger partial charge in [-0.15, -0.1) is 0 Å². The number of nitro benzene ring substituents is 1. The first-order valence-corrected chi connectivity index (χ1v) is 10.2. The van der Waals surface area contributed by atoms with Crippen molar-refractivity contribution in [2.75, 3.05) is 5.32 Å². The number of nitrogens with zero attached hydrogens (tertiary/aromatic N) is 1. The van der Waals surface area contributed by atoms with E-state index in [4.69, 9.17) is 0 Å². The van der Waals surface area contributed by atoms with E-state index in [2.05, 4.69) is 22.8 Å². The van der Waals surface area contributed by atoms with Crippen LogP contribution >= 0.6 is 0 Å². The van der Waals surface area contributed by atoms with Gasteiger partial charge in [0.05, 0.1) is 11.0 Å². The highest BCUT2D eigenvalue weighted by Crippen LogP contribution is 2.51. The van der Waals surface area contributed by atoms with Crippen LogP contribution in [0, 0.1) is 16.0 Å². The van der Waals surface area contributed by atoms with Crippen LogP contribution in [0.2, 0.25) is 0 Å². The van der Waals surface area contributed by atoms with Crippen LogP contribution in [0.1, 0.15) is 60.1 Å². The summed E-state index contributed by atoms with van der Waals surface area (Å²) < 4.78 is 0. The molecule has 3 N–H and O–H groups in total. The minimum absolute atomic E-state index is 0.0387. The summed E-state index contributed by atoms with van der Waals surface area (Å²) in [6.07, 6.45) is 5.87. The lowest BCUT2D eigenvalue weighted by atomic mass is 9.76. The molecule has 4 rings (SSSR count). The summed E-state index contributed by atoms with van der Waals surface area (Å²) in [5.41, 5.74) is 3.00. The number of benzene rings is 2. The van der Waals surface area contributed by atoms with Gasteiger partial charge in [-0.1, -0.05) is 19.1 Å². The van der Waals surface area contributed by atoms with Gasteiger partial charge in [0.1, 0.15) is 5.75 Å². The molecule has 0 bridgehead atoms. The molecule has 2 aromatic rings. The van der Waals surface area contributed by atoms with Crippen molar-refractivity contribution in [3.8, 4) is 5.75 Å². The number of non-ortho nitro benzene ring substituents is 1. The SMILES string of the molecule is CCC(C)NC(=O)c1ccc2c(c1)C1C=CCC1C(c1cc([N+](=O)[O-])ccc1O)N2. The molecular formula is C23H25N3O4. The van der Waals surface area contributed by atoms with Crippen LogP contribution in [0.15, 0.2) is 48.6 Å². The fourth-order valence-corrected chi connectivity index (χ4v) is 4.36. The van der Waals surface area contributed by atoms with E-state index in [0.717, 1.165) is 24.1 Å². The number of carbonyl (C=O) groups excluding carboxylic acids is 1. The molecule has 30 heavy (non-hydrogen) atoms. The Morgan fingerprint density at radius 1 is 1.30 bits per heavy atom. The molecule has 2 aliphatic rings. The predicted octanol–water partition coefficient (Wildman–Crippen LogP) is 4.66. The predicted molar refractivity (Wildman–Crippen MR) is 115 cm³/mol. The number of hydrogen-bond donors (Lipinski definition) is 3. The van der Waals surface area contributed by atoms with E-state index >= 15 is 0 Å². The normalized spacial score (nSPS) is 22.5. The zero-order chi connectivity index (χ0) is 21.4. The first kappa shape index (κ1) is 19.9. The molecule has 156 valence electrons. The summed E-state index contributed by atoms with van der Waals surface area (Å²) in [7, 11) is 0. The lowest BCUT2D eigenvalue weighted by Gasteiger charge is -2.37. The molecular weight excluding hydrogens is 382 g/mol. The third-order valence-corrected chi connectivity index (χ3v) is 6.17. The molecule has 7 nitrogen and oxygen atoms in total. The van der Waals surface area contributed by atoms with Crippen molar-refractivity contribution in [2.45, 2.75) is 44.7 Å². The van der Waals surface area contributed by atoms with E-state index in [1.165, 1.54) is 18.2 Å². The Kier molecular flexibility index (Phi) is 5.20. The lowest BCUT2D eigenvalue weighted by Crippen LogP contribution is -2.33. The molecule has 0 saturated carbocycles. The smallest absolute Gasteiger partial charge is 0.270 e. The number of rotatable bonds is 5. The van der Waals surface area contributed by atoms with Crippen molar-refractivity contribution < 1.29 is 14.8 Å². The van der Waals surface area contributed by atoms with Crippen LogP contribution in [-0.4, -0.2) is 22.0 Å². The minimum Gasteiger partial charge on any atom is -0.508 e. The number of hydrogen-bond acceptors (Lipinski definition) is 5. The maximum Gasteiger partial charge on any atom is 0.270 e. The molecule has 0 spiro atoms.